The van der Waals surface area contributed by atoms with Crippen molar-refractivity contribution < 1.29 is 37.2 Å². The van der Waals surface area contributed by atoms with Gasteiger partial charge in [-0.25, -0.2) is 0 Å². The van der Waals surface area contributed by atoms with Crippen LogP contribution in [0.15, 0.2) is 0 Å². The molecular weight excluding hydrogens is 446 g/mol. The second kappa shape index (κ2) is 22.3. The number of esters is 2. The van der Waals surface area contributed by atoms with Gasteiger partial charge in [0.2, 0.25) is 0 Å². The molecule has 0 aromatic rings. The quantitative estimate of drug-likeness (QED) is 0.0997. The molecule has 0 heterocycles. The van der Waals surface area contributed by atoms with E-state index in [1.807, 2.05) is 0 Å². The van der Waals surface area contributed by atoms with E-state index in [-0.39, 0.29) is 65.5 Å². The molecule has 0 amide bonds. The molecule has 0 spiro atoms. The number of hydrogen-bond donors (Lipinski definition) is 2. The normalized spacial score (nSPS) is 11.7. The number of hydrogen-bond acceptors (Lipinski definition) is 6. The first-order valence-corrected chi connectivity index (χ1v) is 12.1. The molecule has 0 fully saturated rings. The Morgan fingerprint density at radius 3 is 1.52 bits per heavy atom. The van der Waals surface area contributed by atoms with E-state index in [9.17, 15) is 22.8 Å². The van der Waals surface area contributed by atoms with Gasteiger partial charge in [-0.2, -0.15) is 8.42 Å². The minimum atomic E-state index is -4.96. The Hall–Kier alpha value is 0.520. The van der Waals surface area contributed by atoms with E-state index in [0.717, 1.165) is 25.7 Å². The number of carbonyl (C=O) groups excluding carboxylic acids is 2. The van der Waals surface area contributed by atoms with Gasteiger partial charge in [0, 0.05) is 6.42 Å². The van der Waals surface area contributed by atoms with E-state index in [1.54, 1.807) is 0 Å². The van der Waals surface area contributed by atoms with Crippen LogP contribution < -0.4 is 0 Å². The summed E-state index contributed by atoms with van der Waals surface area (Å²) in [5, 5.41) is 6.30. The molecule has 2 N–H and O–H groups in total. The standard InChI is InChI=1S/C20H36O8S.2Na.2H/c1-2-3-4-5-6-7-8-9-10-11-12-13-14-15-19(23)28-20(24)17(16-18(21)22)29(25,26)27;;;;/h17H,2-16H2,1H3,(H,21,22)(H,25,26,27);;;;. The molecule has 0 aliphatic heterocycles. The zero-order chi connectivity index (χ0) is 22.1. The van der Waals surface area contributed by atoms with Crippen LogP contribution in [0.25, 0.3) is 0 Å². The maximum absolute atomic E-state index is 11.6. The monoisotopic (exact) mass is 484 g/mol. The van der Waals surface area contributed by atoms with Crippen LogP contribution in [-0.4, -0.2) is 100 Å². The third-order valence-corrected chi connectivity index (χ3v) is 5.76. The van der Waals surface area contributed by atoms with Gasteiger partial charge >= 0.3 is 77.0 Å². The fraction of sp³-hybridized carbons (Fsp3) is 0.850. The average molecular weight is 485 g/mol. The van der Waals surface area contributed by atoms with E-state index in [2.05, 4.69) is 11.7 Å². The Morgan fingerprint density at radius 2 is 1.16 bits per heavy atom. The summed E-state index contributed by atoms with van der Waals surface area (Å²) in [5.41, 5.74) is 0. The molecule has 0 saturated heterocycles. The Bertz CT molecular complexity index is 596. The number of aliphatic carboxylic acids is 1. The van der Waals surface area contributed by atoms with Crippen LogP contribution in [0, 0.1) is 0 Å². The van der Waals surface area contributed by atoms with Crippen molar-refractivity contribution in [3.63, 3.8) is 0 Å². The number of rotatable bonds is 18. The summed E-state index contributed by atoms with van der Waals surface area (Å²) >= 11 is 0. The SMILES string of the molecule is CCCCCCCCCCCCCCCC(=O)OC(=O)C(CC(=O)O)S(=O)(=O)O.[NaH].[NaH]. The second-order valence-corrected chi connectivity index (χ2v) is 8.99. The molecule has 31 heavy (non-hydrogen) atoms. The Balaban J connectivity index is -0.00000392. The molecule has 0 radical (unpaired) electrons. The summed E-state index contributed by atoms with van der Waals surface area (Å²) in [6, 6.07) is 0. The molecule has 0 aromatic carbocycles. The first-order chi connectivity index (χ1) is 13.7. The summed E-state index contributed by atoms with van der Waals surface area (Å²) in [5.74, 6) is -4.08. The van der Waals surface area contributed by atoms with Crippen molar-refractivity contribution in [2.24, 2.45) is 0 Å². The summed E-state index contributed by atoms with van der Waals surface area (Å²) in [6.07, 6.45) is 13.6. The molecule has 8 nitrogen and oxygen atoms in total. The topological polar surface area (TPSA) is 135 Å². The number of carbonyl (C=O) groups is 3. The molecule has 0 saturated carbocycles. The van der Waals surface area contributed by atoms with Gasteiger partial charge in [0.15, 0.2) is 5.25 Å². The molecule has 174 valence electrons. The van der Waals surface area contributed by atoms with Crippen molar-refractivity contribution in [1.29, 1.82) is 0 Å². The van der Waals surface area contributed by atoms with E-state index in [1.165, 1.54) is 51.4 Å². The number of carboxylic acids is 1. The molecule has 0 rings (SSSR count). The summed E-state index contributed by atoms with van der Waals surface area (Å²) in [6.45, 7) is 2.21. The molecule has 0 aliphatic carbocycles. The van der Waals surface area contributed by atoms with Gasteiger partial charge in [-0.05, 0) is 6.42 Å². The van der Waals surface area contributed by atoms with Gasteiger partial charge in [-0.3, -0.25) is 18.9 Å². The van der Waals surface area contributed by atoms with Crippen molar-refractivity contribution in [2.75, 3.05) is 0 Å². The van der Waals surface area contributed by atoms with Crippen molar-refractivity contribution in [3.8, 4) is 0 Å². The number of ether oxygens (including phenoxy) is 1. The van der Waals surface area contributed by atoms with Crippen LogP contribution >= 0.6 is 0 Å². The number of carboxylic acid groups (broad SMARTS) is 1. The average Bonchev–Trinajstić information content (AvgIpc) is 2.62. The molecule has 11 heteroatoms. The van der Waals surface area contributed by atoms with Gasteiger partial charge in [0.05, 0.1) is 6.42 Å². The van der Waals surface area contributed by atoms with Gasteiger partial charge < -0.3 is 9.84 Å². The van der Waals surface area contributed by atoms with Crippen LogP contribution in [0.4, 0.5) is 0 Å². The summed E-state index contributed by atoms with van der Waals surface area (Å²) in [4.78, 5) is 33.8. The van der Waals surface area contributed by atoms with Gasteiger partial charge in [0.1, 0.15) is 0 Å². The van der Waals surface area contributed by atoms with Gasteiger partial charge in [-0.15, -0.1) is 0 Å². The first kappa shape index (κ1) is 36.1. The fourth-order valence-corrected chi connectivity index (χ4v) is 3.63. The zero-order valence-corrected chi connectivity index (χ0v) is 18.3. The van der Waals surface area contributed by atoms with Crippen molar-refractivity contribution in [1.82, 2.24) is 0 Å². The van der Waals surface area contributed by atoms with E-state index < -0.39 is 39.7 Å². The molecule has 0 aromatic heterocycles. The van der Waals surface area contributed by atoms with Crippen LogP contribution in [0.3, 0.4) is 0 Å². The number of unbranched alkanes of at least 4 members (excludes halogenated alkanes) is 12. The van der Waals surface area contributed by atoms with Crippen molar-refractivity contribution >= 4 is 87.1 Å². The maximum atomic E-state index is 11.6. The zero-order valence-electron chi connectivity index (χ0n) is 17.4. The third kappa shape index (κ3) is 22.1. The Kier molecular flexibility index (Phi) is 26.0. The van der Waals surface area contributed by atoms with E-state index >= 15 is 0 Å². The minimum absolute atomic E-state index is 0. The molecular formula is C20H38Na2O8S. The molecule has 1 unspecified atom stereocenters. The van der Waals surface area contributed by atoms with Crippen LogP contribution in [0.1, 0.15) is 103 Å². The fourth-order valence-electron chi connectivity index (χ4n) is 2.98. The van der Waals surface area contributed by atoms with Crippen LogP contribution in [0.5, 0.6) is 0 Å². The van der Waals surface area contributed by atoms with E-state index in [0.29, 0.717) is 6.42 Å². The van der Waals surface area contributed by atoms with Gasteiger partial charge in [0.25, 0.3) is 10.1 Å². The van der Waals surface area contributed by atoms with Gasteiger partial charge in [-0.1, -0.05) is 84.0 Å². The second-order valence-electron chi connectivity index (χ2n) is 7.39. The van der Waals surface area contributed by atoms with Crippen LogP contribution in [0.2, 0.25) is 0 Å². The predicted octanol–water partition coefficient (Wildman–Crippen LogP) is 2.97. The molecule has 1 atom stereocenters. The molecule has 0 aliphatic rings. The Labute approximate surface area is 231 Å². The predicted molar refractivity (Wildman–Crippen MR) is 123 cm³/mol. The Morgan fingerprint density at radius 1 is 0.774 bits per heavy atom. The third-order valence-electron chi connectivity index (χ3n) is 4.68. The summed E-state index contributed by atoms with van der Waals surface area (Å²) < 4.78 is 35.4. The van der Waals surface area contributed by atoms with E-state index in [4.69, 9.17) is 9.66 Å². The van der Waals surface area contributed by atoms with Crippen molar-refractivity contribution in [2.45, 2.75) is 108 Å². The van der Waals surface area contributed by atoms with Crippen molar-refractivity contribution in [3.05, 3.63) is 0 Å². The summed E-state index contributed by atoms with van der Waals surface area (Å²) in [7, 11) is -4.96. The van der Waals surface area contributed by atoms with Crippen LogP contribution in [-0.2, 0) is 29.2 Å². The molecule has 0 bridgehead atoms. The first-order valence-electron chi connectivity index (χ1n) is 10.6.